The lowest BCUT2D eigenvalue weighted by Gasteiger charge is -2.04. The predicted molar refractivity (Wildman–Crippen MR) is 73.3 cm³/mol. The Hall–Kier alpha value is -2.70. The monoisotopic (exact) mass is 255 g/mol. The standard InChI is InChI=1S/C14H13N3O2/c1-3-4-7-12(14(18)19-2)10-11-8-5-6-9-13(11)16-17-15/h5-6,8-10H,7H2,1-2H3/b12-10+. The first kappa shape index (κ1) is 14.4. The zero-order chi connectivity index (χ0) is 14.1. The van der Waals surface area contributed by atoms with Crippen molar-refractivity contribution in [1.82, 2.24) is 0 Å². The topological polar surface area (TPSA) is 75.1 Å². The highest BCUT2D eigenvalue weighted by atomic mass is 16.5. The number of benzene rings is 1. The van der Waals surface area contributed by atoms with Crippen LogP contribution in [0.2, 0.25) is 0 Å². The largest absolute Gasteiger partial charge is 0.466 e. The van der Waals surface area contributed by atoms with E-state index < -0.39 is 5.97 Å². The molecule has 96 valence electrons. The molecule has 0 heterocycles. The summed E-state index contributed by atoms with van der Waals surface area (Å²) in [7, 11) is 1.31. The Bertz CT molecular complexity index is 603. The first-order chi connectivity index (χ1) is 9.22. The van der Waals surface area contributed by atoms with E-state index in [4.69, 9.17) is 10.3 Å². The second-order valence-electron chi connectivity index (χ2n) is 3.51. The molecule has 5 heteroatoms. The summed E-state index contributed by atoms with van der Waals surface area (Å²) in [6.07, 6.45) is 1.91. The molecule has 0 amide bonds. The zero-order valence-corrected chi connectivity index (χ0v) is 10.8. The van der Waals surface area contributed by atoms with E-state index in [2.05, 4.69) is 21.9 Å². The Labute approximate surface area is 111 Å². The van der Waals surface area contributed by atoms with Crippen molar-refractivity contribution in [2.45, 2.75) is 13.3 Å². The van der Waals surface area contributed by atoms with Gasteiger partial charge in [-0.15, -0.1) is 5.92 Å². The van der Waals surface area contributed by atoms with Gasteiger partial charge in [0.05, 0.1) is 7.11 Å². The van der Waals surface area contributed by atoms with E-state index in [-0.39, 0.29) is 6.42 Å². The number of carbonyl (C=O) groups excluding carboxylic acids is 1. The Morgan fingerprint density at radius 3 is 2.89 bits per heavy atom. The van der Waals surface area contributed by atoms with Gasteiger partial charge >= 0.3 is 5.97 Å². The quantitative estimate of drug-likeness (QED) is 0.206. The Morgan fingerprint density at radius 1 is 1.53 bits per heavy atom. The van der Waals surface area contributed by atoms with Gasteiger partial charge in [0.2, 0.25) is 0 Å². The summed E-state index contributed by atoms with van der Waals surface area (Å²) < 4.78 is 4.70. The summed E-state index contributed by atoms with van der Waals surface area (Å²) in [4.78, 5) is 14.4. The average Bonchev–Trinajstić information content (AvgIpc) is 2.44. The number of rotatable bonds is 4. The summed E-state index contributed by atoms with van der Waals surface area (Å²) in [6.45, 7) is 1.70. The van der Waals surface area contributed by atoms with E-state index in [1.54, 1.807) is 37.3 Å². The first-order valence-corrected chi connectivity index (χ1v) is 5.55. The van der Waals surface area contributed by atoms with Crippen molar-refractivity contribution in [2.24, 2.45) is 5.11 Å². The molecule has 0 fully saturated rings. The molecule has 0 aromatic heterocycles. The van der Waals surface area contributed by atoms with Crippen molar-refractivity contribution < 1.29 is 9.53 Å². The van der Waals surface area contributed by atoms with Gasteiger partial charge in [-0.1, -0.05) is 35.3 Å². The molecule has 1 rings (SSSR count). The van der Waals surface area contributed by atoms with Gasteiger partial charge in [-0.3, -0.25) is 0 Å². The molecule has 5 nitrogen and oxygen atoms in total. The molecule has 1 aromatic rings. The van der Waals surface area contributed by atoms with Crippen LogP contribution in [0.1, 0.15) is 18.9 Å². The molecular formula is C14H13N3O2. The fourth-order valence-corrected chi connectivity index (χ4v) is 1.43. The Morgan fingerprint density at radius 2 is 2.26 bits per heavy atom. The van der Waals surface area contributed by atoms with E-state index in [1.165, 1.54) is 7.11 Å². The van der Waals surface area contributed by atoms with Gasteiger partial charge in [0, 0.05) is 22.6 Å². The van der Waals surface area contributed by atoms with Crippen LogP contribution in [-0.4, -0.2) is 13.1 Å². The molecule has 1 aromatic carbocycles. The number of ether oxygens (including phenoxy) is 1. The molecule has 0 saturated heterocycles. The molecule has 0 aliphatic heterocycles. The molecule has 0 bridgehead atoms. The summed E-state index contributed by atoms with van der Waals surface area (Å²) >= 11 is 0. The van der Waals surface area contributed by atoms with Gasteiger partial charge in [0.1, 0.15) is 0 Å². The highest BCUT2D eigenvalue weighted by Gasteiger charge is 2.09. The minimum atomic E-state index is -0.446. The molecule has 0 radical (unpaired) electrons. The predicted octanol–water partition coefficient (Wildman–Crippen LogP) is 3.60. The maximum absolute atomic E-state index is 11.6. The second-order valence-corrected chi connectivity index (χ2v) is 3.51. The minimum absolute atomic E-state index is 0.285. The number of hydrogen-bond acceptors (Lipinski definition) is 3. The third-order valence-corrected chi connectivity index (χ3v) is 2.32. The normalized spacial score (nSPS) is 9.89. The Kier molecular flexibility index (Phi) is 5.74. The number of methoxy groups -OCH3 is 1. The lowest BCUT2D eigenvalue weighted by Crippen LogP contribution is -2.04. The van der Waals surface area contributed by atoms with Gasteiger partial charge in [0.25, 0.3) is 0 Å². The summed E-state index contributed by atoms with van der Waals surface area (Å²) in [5.74, 6) is 5.09. The van der Waals surface area contributed by atoms with Crippen molar-refractivity contribution in [1.29, 1.82) is 0 Å². The summed E-state index contributed by atoms with van der Waals surface area (Å²) in [5.41, 5.74) is 10.0. The van der Waals surface area contributed by atoms with Crippen LogP contribution in [0.4, 0.5) is 5.69 Å². The maximum atomic E-state index is 11.6. The smallest absolute Gasteiger partial charge is 0.334 e. The zero-order valence-electron chi connectivity index (χ0n) is 10.8. The van der Waals surface area contributed by atoms with Gasteiger partial charge in [-0.25, -0.2) is 4.79 Å². The van der Waals surface area contributed by atoms with Crippen molar-refractivity contribution in [3.05, 3.63) is 45.8 Å². The average molecular weight is 255 g/mol. The molecule has 0 saturated carbocycles. The van der Waals surface area contributed by atoms with Crippen LogP contribution in [0.15, 0.2) is 35.0 Å². The lowest BCUT2D eigenvalue weighted by molar-refractivity contribution is -0.136. The molecular weight excluding hydrogens is 242 g/mol. The number of hydrogen-bond donors (Lipinski definition) is 0. The van der Waals surface area contributed by atoms with Crippen LogP contribution in [-0.2, 0) is 9.53 Å². The van der Waals surface area contributed by atoms with Crippen molar-refractivity contribution in [3.8, 4) is 11.8 Å². The van der Waals surface area contributed by atoms with Crippen LogP contribution < -0.4 is 0 Å². The van der Waals surface area contributed by atoms with Crippen molar-refractivity contribution >= 4 is 17.7 Å². The lowest BCUT2D eigenvalue weighted by atomic mass is 10.1. The van der Waals surface area contributed by atoms with Gasteiger partial charge in [-0.05, 0) is 24.1 Å². The second kappa shape index (κ2) is 7.59. The highest BCUT2D eigenvalue weighted by Crippen LogP contribution is 2.22. The summed E-state index contributed by atoms with van der Waals surface area (Å²) in [6, 6.07) is 6.98. The van der Waals surface area contributed by atoms with Gasteiger partial charge in [0.15, 0.2) is 0 Å². The number of carbonyl (C=O) groups is 1. The maximum Gasteiger partial charge on any atom is 0.334 e. The van der Waals surface area contributed by atoms with E-state index in [1.807, 2.05) is 0 Å². The van der Waals surface area contributed by atoms with E-state index in [0.717, 1.165) is 0 Å². The molecule has 19 heavy (non-hydrogen) atoms. The third kappa shape index (κ3) is 4.23. The van der Waals surface area contributed by atoms with Crippen LogP contribution >= 0.6 is 0 Å². The van der Waals surface area contributed by atoms with Crippen molar-refractivity contribution in [3.63, 3.8) is 0 Å². The Balaban J connectivity index is 3.23. The summed E-state index contributed by atoms with van der Waals surface area (Å²) in [5, 5.41) is 3.57. The van der Waals surface area contributed by atoms with Crippen LogP contribution in [0.5, 0.6) is 0 Å². The SMILES string of the molecule is CC#CC/C(=C\c1ccccc1N=[N+]=[N-])C(=O)OC. The van der Waals surface area contributed by atoms with Gasteiger partial charge < -0.3 is 4.74 Å². The molecule has 0 aliphatic rings. The van der Waals surface area contributed by atoms with Gasteiger partial charge in [-0.2, -0.15) is 0 Å². The number of nitrogens with zero attached hydrogens (tertiary/aromatic N) is 3. The molecule has 0 unspecified atom stereocenters. The van der Waals surface area contributed by atoms with Crippen LogP contribution in [0, 0.1) is 11.8 Å². The van der Waals surface area contributed by atoms with Crippen molar-refractivity contribution in [2.75, 3.05) is 7.11 Å². The van der Waals surface area contributed by atoms with E-state index in [9.17, 15) is 4.79 Å². The fraction of sp³-hybridized carbons (Fsp3) is 0.214. The molecule has 0 N–H and O–H groups in total. The fourth-order valence-electron chi connectivity index (χ4n) is 1.43. The first-order valence-electron chi connectivity index (χ1n) is 5.55. The van der Waals surface area contributed by atoms with Crippen LogP contribution in [0.25, 0.3) is 16.5 Å². The molecule has 0 spiro atoms. The minimum Gasteiger partial charge on any atom is -0.466 e. The number of esters is 1. The number of azide groups is 1. The third-order valence-electron chi connectivity index (χ3n) is 2.32. The highest BCUT2D eigenvalue weighted by molar-refractivity contribution is 5.94. The van der Waals surface area contributed by atoms with E-state index in [0.29, 0.717) is 16.8 Å². The molecule has 0 atom stereocenters. The van der Waals surface area contributed by atoms with E-state index >= 15 is 0 Å². The van der Waals surface area contributed by atoms with Crippen LogP contribution in [0.3, 0.4) is 0 Å². The molecule has 0 aliphatic carbocycles.